The molecule has 0 fully saturated rings. The first kappa shape index (κ1) is 34.9. The van der Waals surface area contributed by atoms with Crippen LogP contribution in [-0.4, -0.2) is 38.8 Å². The summed E-state index contributed by atoms with van der Waals surface area (Å²) in [6.07, 6.45) is 2.75. The van der Waals surface area contributed by atoms with Crippen molar-refractivity contribution < 1.29 is 37.4 Å². The van der Waals surface area contributed by atoms with E-state index < -0.39 is 53.6 Å². The number of rotatable bonds is 8. The van der Waals surface area contributed by atoms with Gasteiger partial charge in [-0.15, -0.1) is 0 Å². The standard InChI is InChI=1S/C38H37FN4O8/c1-37(2,3)35(46)49-19-42-14-9-11-24(33(42)44)29-30-27(17-25(39)23-13-15-48-32(23)30)43(31(29)34(45)50-20-51-36(47)38(4,5)6)18-21-16-28(40)41-26-12-8-7-10-22(21)26/h7-17H,18-20H2,1-6H3,(H2,40,41). The maximum Gasteiger partial charge on any atom is 0.358 e. The Hall–Kier alpha value is -5.98. The molecular formula is C38H37FN4O8. The van der Waals surface area contributed by atoms with E-state index in [-0.39, 0.29) is 51.1 Å². The lowest BCUT2D eigenvalue weighted by molar-refractivity contribution is -0.161. The van der Waals surface area contributed by atoms with Crippen molar-refractivity contribution in [1.82, 2.24) is 14.1 Å². The first-order valence-electron chi connectivity index (χ1n) is 16.1. The maximum absolute atomic E-state index is 15.8. The molecule has 0 aliphatic carbocycles. The molecule has 0 saturated carbocycles. The van der Waals surface area contributed by atoms with E-state index in [0.29, 0.717) is 11.1 Å². The van der Waals surface area contributed by atoms with Crippen LogP contribution in [0.3, 0.4) is 0 Å². The maximum atomic E-state index is 15.8. The molecule has 13 heteroatoms. The Morgan fingerprint density at radius 3 is 2.33 bits per heavy atom. The van der Waals surface area contributed by atoms with Crippen LogP contribution in [0, 0.1) is 16.6 Å². The zero-order chi connectivity index (χ0) is 36.8. The number of aromatic nitrogens is 3. The molecule has 6 rings (SSSR count). The third-order valence-electron chi connectivity index (χ3n) is 8.29. The average molecular weight is 697 g/mol. The number of furan rings is 1. The number of carbonyl (C=O) groups excluding carboxylic acids is 3. The molecule has 4 heterocycles. The number of carbonyl (C=O) groups is 3. The van der Waals surface area contributed by atoms with Crippen LogP contribution < -0.4 is 11.3 Å². The summed E-state index contributed by atoms with van der Waals surface area (Å²) in [5.74, 6) is -2.52. The number of nitrogens with two attached hydrogens (primary N) is 1. The minimum Gasteiger partial charge on any atom is -0.463 e. The molecule has 6 aromatic rings. The van der Waals surface area contributed by atoms with Crippen LogP contribution in [0.2, 0.25) is 0 Å². The van der Waals surface area contributed by atoms with Gasteiger partial charge in [0, 0.05) is 23.7 Å². The van der Waals surface area contributed by atoms with E-state index in [1.807, 2.05) is 18.2 Å². The monoisotopic (exact) mass is 696 g/mol. The van der Waals surface area contributed by atoms with Gasteiger partial charge in [0.25, 0.3) is 5.56 Å². The van der Waals surface area contributed by atoms with Crippen molar-refractivity contribution in [3.8, 4) is 11.1 Å². The van der Waals surface area contributed by atoms with Crippen LogP contribution in [0.15, 0.2) is 76.3 Å². The number of pyridine rings is 2. The Bertz CT molecular complexity index is 2410. The van der Waals surface area contributed by atoms with Crippen LogP contribution >= 0.6 is 0 Å². The van der Waals surface area contributed by atoms with Gasteiger partial charge < -0.3 is 28.9 Å². The summed E-state index contributed by atoms with van der Waals surface area (Å²) in [5.41, 5.74) is 5.34. The van der Waals surface area contributed by atoms with Crippen molar-refractivity contribution in [2.45, 2.75) is 54.8 Å². The number of fused-ring (bicyclic) bond motifs is 4. The third kappa shape index (κ3) is 6.66. The highest BCUT2D eigenvalue weighted by molar-refractivity contribution is 6.17. The molecule has 0 atom stereocenters. The van der Waals surface area contributed by atoms with E-state index in [4.69, 9.17) is 24.4 Å². The van der Waals surface area contributed by atoms with Gasteiger partial charge in [-0.25, -0.2) is 14.2 Å². The second-order valence-electron chi connectivity index (χ2n) is 14.2. The van der Waals surface area contributed by atoms with Crippen molar-refractivity contribution in [3.05, 3.63) is 94.5 Å². The fourth-order valence-corrected chi connectivity index (χ4v) is 5.71. The Labute approximate surface area is 291 Å². The molecular weight excluding hydrogens is 659 g/mol. The predicted octanol–water partition coefficient (Wildman–Crippen LogP) is 6.78. The van der Waals surface area contributed by atoms with Gasteiger partial charge in [-0.05, 0) is 83.5 Å². The Morgan fingerprint density at radius 1 is 0.902 bits per heavy atom. The number of hydrogen-bond acceptors (Lipinski definition) is 10. The van der Waals surface area contributed by atoms with E-state index in [0.717, 1.165) is 5.39 Å². The lowest BCUT2D eigenvalue weighted by Crippen LogP contribution is -2.28. The summed E-state index contributed by atoms with van der Waals surface area (Å²) in [5, 5.41) is 1.09. The molecule has 0 saturated heterocycles. The summed E-state index contributed by atoms with van der Waals surface area (Å²) in [6.45, 7) is 8.84. The van der Waals surface area contributed by atoms with Crippen molar-refractivity contribution in [3.63, 3.8) is 0 Å². The average Bonchev–Trinajstić information content (AvgIpc) is 3.67. The lowest BCUT2D eigenvalue weighted by atomic mass is 9.97. The van der Waals surface area contributed by atoms with Gasteiger partial charge in [0.05, 0.1) is 44.5 Å². The first-order valence-corrected chi connectivity index (χ1v) is 16.1. The van der Waals surface area contributed by atoms with Gasteiger partial charge in [0.2, 0.25) is 6.79 Å². The highest BCUT2D eigenvalue weighted by Crippen LogP contribution is 2.41. The number of nitrogens with zero attached hydrogens (tertiary/aromatic N) is 3. The number of anilines is 1. The quantitative estimate of drug-likeness (QED) is 0.133. The van der Waals surface area contributed by atoms with Gasteiger partial charge >= 0.3 is 17.9 Å². The molecule has 264 valence electrons. The molecule has 2 aromatic carbocycles. The summed E-state index contributed by atoms with van der Waals surface area (Å²) in [4.78, 5) is 58.0. The molecule has 0 amide bonds. The van der Waals surface area contributed by atoms with Gasteiger partial charge in [-0.1, -0.05) is 18.2 Å². The topological polar surface area (TPSA) is 158 Å². The van der Waals surface area contributed by atoms with Crippen LogP contribution in [0.1, 0.15) is 57.6 Å². The van der Waals surface area contributed by atoms with Crippen molar-refractivity contribution in [2.75, 3.05) is 12.5 Å². The number of para-hydroxylation sites is 1. The molecule has 12 nitrogen and oxygen atoms in total. The Balaban J connectivity index is 1.61. The second kappa shape index (κ2) is 13.0. The lowest BCUT2D eigenvalue weighted by Gasteiger charge is -2.18. The zero-order valence-electron chi connectivity index (χ0n) is 29.0. The SMILES string of the molecule is CC(C)(C)C(=O)OCOC(=O)c1c(-c2cccn(COC(=O)C(C)(C)C)c2=O)c2c3occc3c(F)cc2n1Cc1cc(N)nc2ccccc12. The van der Waals surface area contributed by atoms with Gasteiger partial charge in [0.1, 0.15) is 22.9 Å². The molecule has 51 heavy (non-hydrogen) atoms. The van der Waals surface area contributed by atoms with E-state index in [9.17, 15) is 19.2 Å². The van der Waals surface area contributed by atoms with Crippen LogP contribution in [-0.2, 0) is 37.1 Å². The molecule has 2 N–H and O–H groups in total. The number of hydrogen-bond donors (Lipinski definition) is 1. The van der Waals surface area contributed by atoms with Gasteiger partial charge in [0.15, 0.2) is 6.73 Å². The fraction of sp³-hybridized carbons (Fsp3) is 0.289. The first-order chi connectivity index (χ1) is 24.1. The third-order valence-corrected chi connectivity index (χ3v) is 8.29. The van der Waals surface area contributed by atoms with E-state index in [1.165, 1.54) is 39.8 Å². The smallest absolute Gasteiger partial charge is 0.358 e. The molecule has 0 radical (unpaired) electrons. The number of esters is 3. The predicted molar refractivity (Wildman–Crippen MR) is 188 cm³/mol. The summed E-state index contributed by atoms with van der Waals surface area (Å²) in [7, 11) is 0. The minimum atomic E-state index is -0.969. The summed E-state index contributed by atoms with van der Waals surface area (Å²) >= 11 is 0. The summed E-state index contributed by atoms with van der Waals surface area (Å²) in [6, 6.07) is 14.7. The fourth-order valence-electron chi connectivity index (χ4n) is 5.71. The van der Waals surface area contributed by atoms with Crippen LogP contribution in [0.4, 0.5) is 10.2 Å². The molecule has 0 unspecified atom stereocenters. The number of ether oxygens (including phenoxy) is 3. The van der Waals surface area contributed by atoms with Crippen molar-refractivity contribution in [2.24, 2.45) is 10.8 Å². The van der Waals surface area contributed by atoms with Crippen molar-refractivity contribution >= 4 is 56.5 Å². The van der Waals surface area contributed by atoms with Crippen LogP contribution in [0.25, 0.3) is 43.9 Å². The zero-order valence-corrected chi connectivity index (χ0v) is 29.0. The summed E-state index contributed by atoms with van der Waals surface area (Å²) < 4.78 is 40.5. The number of halogens is 1. The molecule has 0 spiro atoms. The van der Waals surface area contributed by atoms with Gasteiger partial charge in [-0.3, -0.25) is 19.0 Å². The van der Waals surface area contributed by atoms with E-state index in [2.05, 4.69) is 4.98 Å². The van der Waals surface area contributed by atoms with Gasteiger partial charge in [-0.2, -0.15) is 0 Å². The molecule has 0 aliphatic rings. The Morgan fingerprint density at radius 2 is 1.61 bits per heavy atom. The minimum absolute atomic E-state index is 0.00935. The largest absolute Gasteiger partial charge is 0.463 e. The van der Waals surface area contributed by atoms with Crippen molar-refractivity contribution in [1.29, 1.82) is 0 Å². The highest BCUT2D eigenvalue weighted by atomic mass is 19.1. The number of benzene rings is 2. The normalized spacial score (nSPS) is 12.1. The Kier molecular flexibility index (Phi) is 8.92. The second-order valence-corrected chi connectivity index (χ2v) is 14.2. The molecule has 4 aromatic heterocycles. The van der Waals surface area contributed by atoms with Crippen LogP contribution in [0.5, 0.6) is 0 Å². The molecule has 0 aliphatic heterocycles. The number of nitrogen functional groups attached to an aromatic ring is 1. The highest BCUT2D eigenvalue weighted by Gasteiger charge is 2.32. The molecule has 0 bridgehead atoms. The van der Waals surface area contributed by atoms with E-state index in [1.54, 1.807) is 59.7 Å². The van der Waals surface area contributed by atoms with E-state index >= 15 is 4.39 Å².